The fraction of sp³-hybridized carbons (Fsp3) is 0.625. The summed E-state index contributed by atoms with van der Waals surface area (Å²) in [7, 11) is 2.04. The molecular weight excluding hydrogens is 203 g/mol. The van der Waals surface area contributed by atoms with Gasteiger partial charge in [0.15, 0.2) is 0 Å². The summed E-state index contributed by atoms with van der Waals surface area (Å²) < 4.78 is 12.4. The van der Waals surface area contributed by atoms with Crippen molar-refractivity contribution in [2.24, 2.45) is 7.05 Å². The molecule has 0 spiro atoms. The molecule has 1 rings (SSSR count). The first-order valence-corrected chi connectivity index (χ1v) is 4.54. The van der Waals surface area contributed by atoms with Gasteiger partial charge in [-0.25, -0.2) is 9.13 Å². The van der Waals surface area contributed by atoms with Crippen LogP contribution in [-0.2, 0) is 17.4 Å². The summed E-state index contributed by atoms with van der Waals surface area (Å²) >= 11 is 1.17. The monoisotopic (exact) mass is 218 g/mol. The van der Waals surface area contributed by atoms with Crippen LogP contribution < -0.4 is 4.57 Å². The molecule has 0 N–H and O–H groups in total. The summed E-state index contributed by atoms with van der Waals surface area (Å²) in [6, 6.07) is 0. The molecule has 0 saturated heterocycles. The first-order chi connectivity index (χ1) is 5.83. The van der Waals surface area contributed by atoms with Gasteiger partial charge >= 0.3 is 20.0 Å². The van der Waals surface area contributed by atoms with E-state index < -0.39 is 0 Å². The molecule has 0 fully saturated rings. The first kappa shape index (κ1) is 15.3. The van der Waals surface area contributed by atoms with Crippen molar-refractivity contribution in [3.63, 3.8) is 0 Å². The first-order valence-electron chi connectivity index (χ1n) is 4.07. The van der Waals surface area contributed by atoms with E-state index in [-0.39, 0.29) is 12.4 Å². The number of hydrogen-bond donors (Lipinski definition) is 0. The normalized spacial score (nSPS) is 8.08. The van der Waals surface area contributed by atoms with E-state index in [4.69, 9.17) is 3.80 Å². The molecule has 0 aliphatic rings. The zero-order chi connectivity index (χ0) is 9.40. The van der Waals surface area contributed by atoms with Gasteiger partial charge in [-0.1, -0.05) is 13.3 Å². The van der Waals surface area contributed by atoms with Crippen molar-refractivity contribution in [1.29, 1.82) is 0 Å². The molecule has 0 saturated carbocycles. The summed E-state index contributed by atoms with van der Waals surface area (Å²) in [5.41, 5.74) is 0. The van der Waals surface area contributed by atoms with E-state index in [9.17, 15) is 0 Å². The predicted molar refractivity (Wildman–Crippen MR) is 54.2 cm³/mol. The minimum atomic E-state index is 0. The standard InChI is InChI=1S/C8H15N2.Al.ClH.O/c1-3-4-5-10-7-6-9(2)8-10;;;/h6-8H,3-5H2,1-2H3;;1H;/q+1;;;. The Hall–Kier alpha value is -0.168. The minimum absolute atomic E-state index is 0. The Morgan fingerprint density at radius 2 is 2.08 bits per heavy atom. The van der Waals surface area contributed by atoms with Crippen molar-refractivity contribution in [2.45, 2.75) is 26.3 Å². The van der Waals surface area contributed by atoms with E-state index >= 15 is 0 Å². The molecule has 13 heavy (non-hydrogen) atoms. The van der Waals surface area contributed by atoms with Crippen LogP contribution >= 0.6 is 12.4 Å². The van der Waals surface area contributed by atoms with Gasteiger partial charge in [-0.2, -0.15) is 0 Å². The molecular formula is C8H16AlClN2O+. The van der Waals surface area contributed by atoms with Crippen LogP contribution in [0.1, 0.15) is 19.8 Å². The van der Waals surface area contributed by atoms with E-state index in [2.05, 4.69) is 34.8 Å². The summed E-state index contributed by atoms with van der Waals surface area (Å²) in [5.74, 6) is 0. The molecule has 0 unspecified atom stereocenters. The van der Waals surface area contributed by atoms with Crippen LogP contribution in [0.5, 0.6) is 0 Å². The molecule has 0 aromatic carbocycles. The molecule has 73 valence electrons. The van der Waals surface area contributed by atoms with Gasteiger partial charge in [0.1, 0.15) is 12.4 Å². The van der Waals surface area contributed by atoms with Crippen molar-refractivity contribution in [2.75, 3.05) is 0 Å². The Labute approximate surface area is 93.8 Å². The van der Waals surface area contributed by atoms with Crippen LogP contribution in [0.2, 0.25) is 0 Å². The Morgan fingerprint density at radius 1 is 1.46 bits per heavy atom. The average molecular weight is 219 g/mol. The fourth-order valence-electron chi connectivity index (χ4n) is 0.975. The number of halogens is 1. The van der Waals surface area contributed by atoms with E-state index in [1.807, 2.05) is 7.05 Å². The van der Waals surface area contributed by atoms with Gasteiger partial charge in [0.25, 0.3) is 0 Å². The molecule has 1 radical (unpaired) electrons. The third-order valence-corrected chi connectivity index (χ3v) is 1.59. The maximum atomic E-state index is 8.17. The van der Waals surface area contributed by atoms with Gasteiger partial charge in [-0.15, -0.1) is 12.4 Å². The molecule has 0 aliphatic heterocycles. The quantitative estimate of drug-likeness (QED) is 0.550. The molecule has 1 aromatic heterocycles. The summed E-state index contributed by atoms with van der Waals surface area (Å²) in [6.45, 7) is 3.36. The van der Waals surface area contributed by atoms with Crippen LogP contribution in [0.15, 0.2) is 18.7 Å². The van der Waals surface area contributed by atoms with Crippen molar-refractivity contribution < 1.29 is 8.37 Å². The Bertz CT molecular complexity index is 218. The van der Waals surface area contributed by atoms with Crippen LogP contribution in [0, 0.1) is 0 Å². The van der Waals surface area contributed by atoms with E-state index in [1.165, 1.54) is 29.1 Å². The zero-order valence-corrected chi connectivity index (χ0v) is 10.1. The summed E-state index contributed by atoms with van der Waals surface area (Å²) in [5, 5.41) is 0. The molecule has 0 bridgehead atoms. The Morgan fingerprint density at radius 3 is 2.46 bits per heavy atom. The molecule has 5 heteroatoms. The molecule has 0 atom stereocenters. The van der Waals surface area contributed by atoms with Crippen LogP contribution in [0.3, 0.4) is 0 Å². The topological polar surface area (TPSA) is 25.9 Å². The number of rotatable bonds is 3. The van der Waals surface area contributed by atoms with Crippen LogP contribution in [-0.4, -0.2) is 20.8 Å². The summed E-state index contributed by atoms with van der Waals surface area (Å²) in [6.07, 6.45) is 8.82. The van der Waals surface area contributed by atoms with Gasteiger partial charge in [0.05, 0.1) is 13.6 Å². The van der Waals surface area contributed by atoms with Crippen molar-refractivity contribution in [1.82, 2.24) is 4.57 Å². The summed E-state index contributed by atoms with van der Waals surface area (Å²) in [4.78, 5) is 0. The van der Waals surface area contributed by atoms with E-state index in [0.717, 1.165) is 6.54 Å². The van der Waals surface area contributed by atoms with E-state index in [1.54, 1.807) is 0 Å². The van der Waals surface area contributed by atoms with E-state index in [0.29, 0.717) is 0 Å². The van der Waals surface area contributed by atoms with Gasteiger partial charge in [0.2, 0.25) is 6.33 Å². The SMILES string of the molecule is CCCCn1cc[n+](C)c1.Cl.[O]=[Al]. The van der Waals surface area contributed by atoms with Crippen molar-refractivity contribution in [3.8, 4) is 0 Å². The van der Waals surface area contributed by atoms with Crippen molar-refractivity contribution >= 4 is 28.6 Å². The number of imidazole rings is 1. The fourth-order valence-corrected chi connectivity index (χ4v) is 0.975. The van der Waals surface area contributed by atoms with Gasteiger partial charge in [-0.05, 0) is 6.42 Å². The van der Waals surface area contributed by atoms with Crippen molar-refractivity contribution in [3.05, 3.63) is 18.7 Å². The molecule has 0 aliphatic carbocycles. The molecule has 1 heterocycles. The third kappa shape index (κ3) is 6.95. The number of hydrogen-bond acceptors (Lipinski definition) is 1. The molecule has 0 amide bonds. The van der Waals surface area contributed by atoms with Gasteiger partial charge < -0.3 is 0 Å². The molecule has 1 aromatic rings. The average Bonchev–Trinajstić information content (AvgIpc) is 2.51. The van der Waals surface area contributed by atoms with Crippen LogP contribution in [0.25, 0.3) is 0 Å². The Kier molecular flexibility index (Phi) is 11.7. The number of aryl methyl sites for hydroxylation is 2. The van der Waals surface area contributed by atoms with Crippen LogP contribution in [0.4, 0.5) is 0 Å². The third-order valence-electron chi connectivity index (χ3n) is 1.59. The number of nitrogens with zero attached hydrogens (tertiary/aromatic N) is 2. The number of aromatic nitrogens is 2. The second kappa shape index (κ2) is 9.92. The Balaban J connectivity index is 0. The number of unbranched alkanes of at least 4 members (excludes halogenated alkanes) is 1. The predicted octanol–water partition coefficient (Wildman–Crippen LogP) is 1.03. The molecule has 3 nitrogen and oxygen atoms in total. The van der Waals surface area contributed by atoms with Gasteiger partial charge in [0, 0.05) is 0 Å². The second-order valence-electron chi connectivity index (χ2n) is 2.67. The van der Waals surface area contributed by atoms with Gasteiger partial charge in [-0.3, -0.25) is 0 Å². The second-order valence-corrected chi connectivity index (χ2v) is 2.67. The maximum absolute atomic E-state index is 8.17. The zero-order valence-electron chi connectivity index (χ0n) is 8.14.